The van der Waals surface area contributed by atoms with Crippen LogP contribution in [0.1, 0.15) is 36.8 Å². The van der Waals surface area contributed by atoms with Crippen LogP contribution < -0.4 is 10.1 Å². The van der Waals surface area contributed by atoms with E-state index in [0.29, 0.717) is 28.3 Å². The number of hydrogen-bond donors (Lipinski definition) is 3. The average Bonchev–Trinajstić information content (AvgIpc) is 3.22. The van der Waals surface area contributed by atoms with Crippen LogP contribution in [0.4, 0.5) is 0 Å². The van der Waals surface area contributed by atoms with Gasteiger partial charge < -0.3 is 15.2 Å². The number of aliphatic carboxylic acids is 1. The summed E-state index contributed by atoms with van der Waals surface area (Å²) in [7, 11) is 1.49. The summed E-state index contributed by atoms with van der Waals surface area (Å²) in [6, 6.07) is 4.89. The normalized spacial score (nSPS) is 13.0. The third-order valence-corrected chi connectivity index (χ3v) is 4.73. The van der Waals surface area contributed by atoms with E-state index in [0.717, 1.165) is 12.8 Å². The summed E-state index contributed by atoms with van der Waals surface area (Å²) in [5, 5.41) is 19.4. The van der Waals surface area contributed by atoms with Crippen LogP contribution in [0, 0.1) is 0 Å². The van der Waals surface area contributed by atoms with Crippen molar-refractivity contribution in [1.82, 2.24) is 15.5 Å². The number of allylic oxidation sites excluding steroid dienone is 2. The van der Waals surface area contributed by atoms with Crippen LogP contribution in [-0.2, 0) is 15.1 Å². The molecule has 0 aliphatic carbocycles. The molecule has 7 nitrogen and oxygen atoms in total. The van der Waals surface area contributed by atoms with E-state index in [9.17, 15) is 14.7 Å². The molecule has 0 spiro atoms. The number of aromatic amines is 1. The van der Waals surface area contributed by atoms with Crippen molar-refractivity contribution in [1.29, 1.82) is 0 Å². The first-order valence-corrected chi connectivity index (χ1v) is 9.45. The smallest absolute Gasteiger partial charge is 0.306 e. The van der Waals surface area contributed by atoms with Gasteiger partial charge in [-0.15, -0.1) is 6.58 Å². The standard InChI is InChI=1S/C21H24ClN3O4/c1-3-4-5-6-7-8-19(26)25-21(12-20(27)28,16-13-23-24-14-16)15-9-10-18(29-2)17(22)11-15/h3,7-11,13-14H,1,4-6,12H2,2H3,(H,23,24)(H,25,26)(H,27,28). The first kappa shape index (κ1) is 22.2. The summed E-state index contributed by atoms with van der Waals surface area (Å²) in [6.07, 6.45) is 10.1. The number of aromatic nitrogens is 2. The number of rotatable bonds is 11. The molecule has 1 aromatic heterocycles. The highest BCUT2D eigenvalue weighted by Crippen LogP contribution is 2.37. The number of halogens is 1. The molecule has 1 unspecified atom stereocenters. The monoisotopic (exact) mass is 417 g/mol. The minimum atomic E-state index is -1.36. The molecule has 2 aromatic rings. The molecular weight excluding hydrogens is 394 g/mol. The van der Waals surface area contributed by atoms with Gasteiger partial charge in [0.05, 0.1) is 24.8 Å². The molecule has 0 aliphatic heterocycles. The number of H-pyrrole nitrogens is 1. The van der Waals surface area contributed by atoms with E-state index in [1.165, 1.54) is 19.4 Å². The molecule has 1 atom stereocenters. The Balaban J connectivity index is 2.44. The molecule has 1 heterocycles. The van der Waals surface area contributed by atoms with Gasteiger partial charge in [-0.2, -0.15) is 5.10 Å². The molecule has 3 N–H and O–H groups in total. The van der Waals surface area contributed by atoms with Gasteiger partial charge in [-0.1, -0.05) is 29.8 Å². The zero-order chi connectivity index (χ0) is 21.3. The number of nitrogens with one attached hydrogen (secondary N) is 2. The molecular formula is C21H24ClN3O4. The number of benzene rings is 1. The number of carboxylic acids is 1. The lowest BCUT2D eigenvalue weighted by Crippen LogP contribution is -2.47. The lowest BCUT2D eigenvalue weighted by molar-refractivity contribution is -0.138. The zero-order valence-electron chi connectivity index (χ0n) is 16.2. The second-order valence-corrected chi connectivity index (χ2v) is 6.83. The summed E-state index contributed by atoms with van der Waals surface area (Å²) >= 11 is 6.27. The summed E-state index contributed by atoms with van der Waals surface area (Å²) in [5.74, 6) is -1.06. The highest BCUT2D eigenvalue weighted by molar-refractivity contribution is 6.32. The second kappa shape index (κ2) is 10.5. The van der Waals surface area contributed by atoms with Crippen molar-refractivity contribution in [3.63, 3.8) is 0 Å². The van der Waals surface area contributed by atoms with E-state index in [4.69, 9.17) is 16.3 Å². The predicted molar refractivity (Wildman–Crippen MR) is 111 cm³/mol. The van der Waals surface area contributed by atoms with E-state index in [2.05, 4.69) is 22.1 Å². The van der Waals surface area contributed by atoms with Crippen LogP contribution in [0.25, 0.3) is 0 Å². The van der Waals surface area contributed by atoms with Crippen molar-refractivity contribution >= 4 is 23.5 Å². The van der Waals surface area contributed by atoms with Gasteiger partial charge in [0.1, 0.15) is 11.3 Å². The third-order valence-electron chi connectivity index (χ3n) is 4.44. The first-order valence-electron chi connectivity index (χ1n) is 9.07. The third kappa shape index (κ3) is 5.71. The topological polar surface area (TPSA) is 104 Å². The lowest BCUT2D eigenvalue weighted by atomic mass is 9.81. The molecule has 1 aromatic carbocycles. The van der Waals surface area contributed by atoms with Gasteiger partial charge in [-0.05, 0) is 43.0 Å². The summed E-state index contributed by atoms with van der Waals surface area (Å²) < 4.78 is 5.18. The maximum Gasteiger partial charge on any atom is 0.306 e. The lowest BCUT2D eigenvalue weighted by Gasteiger charge is -2.33. The van der Waals surface area contributed by atoms with Crippen molar-refractivity contribution in [3.8, 4) is 5.75 Å². The fraction of sp³-hybridized carbons (Fsp3) is 0.286. The molecule has 29 heavy (non-hydrogen) atoms. The zero-order valence-corrected chi connectivity index (χ0v) is 16.9. The number of ether oxygens (including phenoxy) is 1. The van der Waals surface area contributed by atoms with E-state index < -0.39 is 23.8 Å². The fourth-order valence-corrected chi connectivity index (χ4v) is 3.28. The van der Waals surface area contributed by atoms with Gasteiger partial charge >= 0.3 is 5.97 Å². The Bertz CT molecular complexity index is 880. The van der Waals surface area contributed by atoms with Crippen molar-refractivity contribution in [2.75, 3.05) is 7.11 Å². The van der Waals surface area contributed by atoms with Gasteiger partial charge in [0.15, 0.2) is 0 Å². The molecule has 8 heteroatoms. The van der Waals surface area contributed by atoms with E-state index >= 15 is 0 Å². The number of carbonyl (C=O) groups excluding carboxylic acids is 1. The molecule has 2 rings (SSSR count). The van der Waals surface area contributed by atoms with Crippen LogP contribution >= 0.6 is 11.6 Å². The van der Waals surface area contributed by atoms with Crippen LogP contribution in [-0.4, -0.2) is 34.3 Å². The molecule has 0 saturated carbocycles. The molecule has 0 radical (unpaired) electrons. The number of nitrogens with zero attached hydrogens (tertiary/aromatic N) is 1. The Labute approximate surface area is 174 Å². The Kier molecular flexibility index (Phi) is 8.03. The molecule has 0 saturated heterocycles. The minimum absolute atomic E-state index is 0.303. The van der Waals surface area contributed by atoms with E-state index in [1.807, 2.05) is 6.08 Å². The maximum atomic E-state index is 12.7. The van der Waals surface area contributed by atoms with Crippen molar-refractivity contribution in [3.05, 3.63) is 71.5 Å². The maximum absolute atomic E-state index is 12.7. The van der Waals surface area contributed by atoms with Gasteiger partial charge in [-0.25, -0.2) is 0 Å². The molecule has 154 valence electrons. The van der Waals surface area contributed by atoms with E-state index in [1.54, 1.807) is 30.5 Å². The summed E-state index contributed by atoms with van der Waals surface area (Å²) in [4.78, 5) is 24.4. The number of carbonyl (C=O) groups is 2. The van der Waals surface area contributed by atoms with Crippen molar-refractivity contribution < 1.29 is 19.4 Å². The number of carboxylic acid groups (broad SMARTS) is 1. The van der Waals surface area contributed by atoms with Crippen LogP contribution in [0.2, 0.25) is 5.02 Å². The Morgan fingerprint density at radius 2 is 2.17 bits per heavy atom. The second-order valence-electron chi connectivity index (χ2n) is 6.42. The molecule has 0 bridgehead atoms. The minimum Gasteiger partial charge on any atom is -0.495 e. The highest BCUT2D eigenvalue weighted by Gasteiger charge is 2.39. The van der Waals surface area contributed by atoms with Crippen molar-refractivity contribution in [2.24, 2.45) is 0 Å². The fourth-order valence-electron chi connectivity index (χ4n) is 3.02. The Hall–Kier alpha value is -3.06. The van der Waals surface area contributed by atoms with Crippen molar-refractivity contribution in [2.45, 2.75) is 31.2 Å². The summed E-state index contributed by atoms with van der Waals surface area (Å²) in [6.45, 7) is 3.66. The average molecular weight is 418 g/mol. The number of amides is 1. The van der Waals surface area contributed by atoms with Crippen LogP contribution in [0.15, 0.2) is 55.4 Å². The first-order chi connectivity index (χ1) is 13.9. The number of methoxy groups -OCH3 is 1. The Morgan fingerprint density at radius 3 is 2.76 bits per heavy atom. The predicted octanol–water partition coefficient (Wildman–Crippen LogP) is 3.82. The van der Waals surface area contributed by atoms with Gasteiger partial charge in [0.2, 0.25) is 5.91 Å². The molecule has 1 amide bonds. The number of unbranched alkanes of at least 4 members (excludes halogenated alkanes) is 2. The van der Waals surface area contributed by atoms with Gasteiger partial charge in [0.25, 0.3) is 0 Å². The molecule has 0 aliphatic rings. The van der Waals surface area contributed by atoms with Crippen LogP contribution in [0.3, 0.4) is 0 Å². The van der Waals surface area contributed by atoms with E-state index in [-0.39, 0.29) is 0 Å². The Morgan fingerprint density at radius 1 is 1.38 bits per heavy atom. The van der Waals surface area contributed by atoms with Gasteiger partial charge in [-0.3, -0.25) is 14.7 Å². The van der Waals surface area contributed by atoms with Gasteiger partial charge in [0, 0.05) is 11.8 Å². The SMILES string of the molecule is C=CCCCC=CC(=O)NC(CC(=O)O)(c1cn[nH]c1)c1ccc(OC)c(Cl)c1. The largest absolute Gasteiger partial charge is 0.495 e. The molecule has 0 fully saturated rings. The highest BCUT2D eigenvalue weighted by atomic mass is 35.5. The van der Waals surface area contributed by atoms with Crippen LogP contribution in [0.5, 0.6) is 5.75 Å². The number of hydrogen-bond acceptors (Lipinski definition) is 4. The quantitative estimate of drug-likeness (QED) is 0.293. The summed E-state index contributed by atoms with van der Waals surface area (Å²) in [5.41, 5.74) is -0.368.